The molecule has 38 heavy (non-hydrogen) atoms. The number of carbonyl (C=O) groups excluding carboxylic acids is 1. The summed E-state index contributed by atoms with van der Waals surface area (Å²) in [5.41, 5.74) is -1.90. The highest BCUT2D eigenvalue weighted by molar-refractivity contribution is 5.95. The lowest BCUT2D eigenvalue weighted by Gasteiger charge is -2.19. The van der Waals surface area contributed by atoms with E-state index in [1.807, 2.05) is 0 Å². The molecule has 12 heteroatoms. The van der Waals surface area contributed by atoms with Crippen LogP contribution in [0.4, 0.5) is 36.8 Å². The average molecular weight is 540 g/mol. The maximum Gasteiger partial charge on any atom is 0.416 e. The van der Waals surface area contributed by atoms with Gasteiger partial charge >= 0.3 is 18.4 Å². The Morgan fingerprint density at radius 1 is 0.842 bits per heavy atom. The first kappa shape index (κ1) is 28.5. The van der Waals surface area contributed by atoms with Crippen LogP contribution in [0.15, 0.2) is 72.8 Å². The average Bonchev–Trinajstić information content (AvgIpc) is 2.85. The van der Waals surface area contributed by atoms with Gasteiger partial charge in [0.2, 0.25) is 0 Å². The molecule has 0 saturated heterocycles. The summed E-state index contributed by atoms with van der Waals surface area (Å²) in [6.45, 7) is -0.569. The maximum absolute atomic E-state index is 13.1. The van der Waals surface area contributed by atoms with E-state index in [0.29, 0.717) is 12.1 Å². The molecule has 1 atom stereocenters. The van der Waals surface area contributed by atoms with E-state index in [1.165, 1.54) is 24.3 Å². The zero-order chi connectivity index (χ0) is 27.9. The van der Waals surface area contributed by atoms with Crippen molar-refractivity contribution in [2.75, 3.05) is 18.5 Å². The van der Waals surface area contributed by atoms with Gasteiger partial charge in [0.15, 0.2) is 0 Å². The first-order valence-corrected chi connectivity index (χ1v) is 11.1. The summed E-state index contributed by atoms with van der Waals surface area (Å²) in [6.07, 6.45) is -11.2. The van der Waals surface area contributed by atoms with Crippen LogP contribution in [0.1, 0.15) is 38.5 Å². The first-order valence-electron chi connectivity index (χ1n) is 11.1. The number of hydrogen-bond acceptors (Lipinski definition) is 3. The summed E-state index contributed by atoms with van der Waals surface area (Å²) in [5, 5.41) is 13.6. The molecule has 3 N–H and O–H groups in total. The Labute approximate surface area is 213 Å². The Balaban J connectivity index is 1.69. The molecule has 3 aromatic carbocycles. The molecular weight excluding hydrogens is 518 g/mol. The number of amides is 2. The van der Waals surface area contributed by atoms with Crippen molar-refractivity contribution >= 4 is 17.7 Å². The number of carboxylic acid groups (broad SMARTS) is 1. The number of carbonyl (C=O) groups is 2. The molecule has 3 aromatic rings. The van der Waals surface area contributed by atoms with E-state index in [-0.39, 0.29) is 36.0 Å². The van der Waals surface area contributed by atoms with Gasteiger partial charge in [-0.25, -0.2) is 4.79 Å². The van der Waals surface area contributed by atoms with Crippen LogP contribution in [-0.4, -0.2) is 30.3 Å². The molecule has 0 spiro atoms. The van der Waals surface area contributed by atoms with Gasteiger partial charge in [-0.3, -0.25) is 10.1 Å². The van der Waals surface area contributed by atoms with Crippen LogP contribution in [0.3, 0.4) is 0 Å². The zero-order valence-corrected chi connectivity index (χ0v) is 19.6. The lowest BCUT2D eigenvalue weighted by Crippen LogP contribution is -2.30. The van der Waals surface area contributed by atoms with Gasteiger partial charge in [0.1, 0.15) is 0 Å². The number of rotatable bonds is 9. The number of anilines is 1. The van der Waals surface area contributed by atoms with Crippen molar-refractivity contribution in [2.24, 2.45) is 0 Å². The minimum Gasteiger partial charge on any atom is -0.465 e. The van der Waals surface area contributed by atoms with Crippen molar-refractivity contribution in [2.45, 2.75) is 24.9 Å². The molecule has 0 heterocycles. The van der Waals surface area contributed by atoms with Gasteiger partial charge in [0.25, 0.3) is 5.91 Å². The summed E-state index contributed by atoms with van der Waals surface area (Å²) in [4.78, 5) is 23.3. The number of benzene rings is 3. The van der Waals surface area contributed by atoms with E-state index >= 15 is 0 Å². The highest BCUT2D eigenvalue weighted by Crippen LogP contribution is 2.36. The van der Waals surface area contributed by atoms with Crippen LogP contribution in [0.2, 0.25) is 0 Å². The predicted octanol–water partition coefficient (Wildman–Crippen LogP) is 6.54. The minimum absolute atomic E-state index is 0.0500. The third kappa shape index (κ3) is 8.23. The molecular formula is C26H22F6N2O4. The molecule has 0 saturated carbocycles. The summed E-state index contributed by atoms with van der Waals surface area (Å²) in [7, 11) is 0. The van der Waals surface area contributed by atoms with E-state index in [4.69, 9.17) is 9.84 Å². The quantitative estimate of drug-likeness (QED) is 0.269. The molecule has 0 aromatic heterocycles. The monoisotopic (exact) mass is 540 g/mol. The Hall–Kier alpha value is -4.06. The van der Waals surface area contributed by atoms with Crippen LogP contribution < -0.4 is 10.6 Å². The van der Waals surface area contributed by atoms with Crippen molar-refractivity contribution in [3.8, 4) is 0 Å². The number of alkyl halides is 6. The number of halogens is 6. The summed E-state index contributed by atoms with van der Waals surface area (Å²) in [5.74, 6) is -0.943. The number of hydrogen-bond donors (Lipinski definition) is 3. The van der Waals surface area contributed by atoms with Gasteiger partial charge in [-0.05, 0) is 53.6 Å². The third-order valence-electron chi connectivity index (χ3n) is 5.41. The number of ether oxygens (including phenoxy) is 1. The molecule has 2 amide bonds. The minimum atomic E-state index is -4.96. The number of nitrogens with one attached hydrogen (secondary N) is 2. The van der Waals surface area contributed by atoms with Gasteiger partial charge < -0.3 is 15.2 Å². The fourth-order valence-electron chi connectivity index (χ4n) is 3.57. The van der Waals surface area contributed by atoms with Crippen LogP contribution in [0, 0.1) is 0 Å². The van der Waals surface area contributed by atoms with Crippen LogP contribution >= 0.6 is 0 Å². The van der Waals surface area contributed by atoms with Crippen LogP contribution in [0.5, 0.6) is 0 Å². The molecule has 0 aliphatic rings. The van der Waals surface area contributed by atoms with Crippen molar-refractivity contribution < 1.29 is 45.8 Å². The summed E-state index contributed by atoms with van der Waals surface area (Å²) in [6, 6.07) is 15.6. The van der Waals surface area contributed by atoms with Crippen molar-refractivity contribution in [3.63, 3.8) is 0 Å². The van der Waals surface area contributed by atoms with Gasteiger partial charge in [-0.15, -0.1) is 0 Å². The van der Waals surface area contributed by atoms with E-state index in [2.05, 4.69) is 10.6 Å². The van der Waals surface area contributed by atoms with Crippen molar-refractivity contribution in [1.82, 2.24) is 5.32 Å². The second-order valence-electron chi connectivity index (χ2n) is 8.25. The van der Waals surface area contributed by atoms with Gasteiger partial charge in [-0.1, -0.05) is 30.3 Å². The fourth-order valence-corrected chi connectivity index (χ4v) is 3.57. The second kappa shape index (κ2) is 12.0. The SMILES string of the molecule is O=C(O)Nc1ccc(C(=O)NCC(COCc2cc(C(F)(F)F)cc(C(F)(F)F)c2)c2ccccc2)cc1. The van der Waals surface area contributed by atoms with Crippen molar-refractivity contribution in [3.05, 3.63) is 101 Å². The molecule has 0 bridgehead atoms. The Morgan fingerprint density at radius 3 is 1.95 bits per heavy atom. The summed E-state index contributed by atoms with van der Waals surface area (Å²) >= 11 is 0. The lowest BCUT2D eigenvalue weighted by atomic mass is 9.99. The van der Waals surface area contributed by atoms with Crippen molar-refractivity contribution in [1.29, 1.82) is 0 Å². The molecule has 0 aliphatic heterocycles. The molecule has 202 valence electrons. The highest BCUT2D eigenvalue weighted by atomic mass is 19.4. The lowest BCUT2D eigenvalue weighted by molar-refractivity contribution is -0.143. The van der Waals surface area contributed by atoms with E-state index < -0.39 is 48.0 Å². The molecule has 0 radical (unpaired) electrons. The summed E-state index contributed by atoms with van der Waals surface area (Å²) < 4.78 is 84.3. The molecule has 1 unspecified atom stereocenters. The fraction of sp³-hybridized carbons (Fsp3) is 0.231. The Morgan fingerprint density at radius 2 is 1.42 bits per heavy atom. The molecule has 6 nitrogen and oxygen atoms in total. The van der Waals surface area contributed by atoms with Gasteiger partial charge in [0.05, 0.1) is 24.3 Å². The largest absolute Gasteiger partial charge is 0.465 e. The highest BCUT2D eigenvalue weighted by Gasteiger charge is 2.36. The van der Waals surface area contributed by atoms with Crippen LogP contribution in [0.25, 0.3) is 0 Å². The molecule has 3 rings (SSSR count). The maximum atomic E-state index is 13.1. The van der Waals surface area contributed by atoms with Gasteiger partial charge in [0, 0.05) is 23.7 Å². The topological polar surface area (TPSA) is 87.7 Å². The van der Waals surface area contributed by atoms with E-state index in [1.54, 1.807) is 30.3 Å². The molecule has 0 fully saturated rings. The zero-order valence-electron chi connectivity index (χ0n) is 19.6. The molecule has 0 aliphatic carbocycles. The predicted molar refractivity (Wildman–Crippen MR) is 126 cm³/mol. The van der Waals surface area contributed by atoms with Gasteiger partial charge in [-0.2, -0.15) is 26.3 Å². The van der Waals surface area contributed by atoms with E-state index in [9.17, 15) is 35.9 Å². The smallest absolute Gasteiger partial charge is 0.416 e. The van der Waals surface area contributed by atoms with E-state index in [0.717, 1.165) is 5.56 Å². The first-order chi connectivity index (χ1) is 17.8. The normalized spacial score (nSPS) is 12.6. The Kier molecular flexibility index (Phi) is 9.00. The van der Waals surface area contributed by atoms with Crippen LogP contribution in [-0.2, 0) is 23.7 Å². The Bertz CT molecular complexity index is 1210. The third-order valence-corrected chi connectivity index (χ3v) is 5.41. The standard InChI is InChI=1S/C26H22F6N2O4/c27-25(28,29)20-10-16(11-21(12-20)26(30,31)32)14-38-15-19(17-4-2-1-3-5-17)13-33-23(35)18-6-8-22(9-7-18)34-24(36)37/h1-12,19,34H,13-15H2,(H,33,35)(H,36,37). The second-order valence-corrected chi connectivity index (χ2v) is 8.25.